The number of para-hydroxylation sites is 1. The molecule has 2 N–H and O–H groups in total. The number of primary amides is 1. The normalized spacial score (nSPS) is 16.4. The summed E-state index contributed by atoms with van der Waals surface area (Å²) in [7, 11) is 0. The third kappa shape index (κ3) is 3.97. The van der Waals surface area contributed by atoms with E-state index in [-0.39, 0.29) is 19.1 Å². The van der Waals surface area contributed by atoms with Crippen LogP contribution in [0.4, 0.5) is 0 Å². The molecule has 1 fully saturated rings. The van der Waals surface area contributed by atoms with Crippen molar-refractivity contribution in [3.8, 4) is 16.9 Å². The van der Waals surface area contributed by atoms with Gasteiger partial charge in [0, 0.05) is 18.3 Å². The van der Waals surface area contributed by atoms with E-state index in [0.717, 1.165) is 17.7 Å². The van der Waals surface area contributed by atoms with Gasteiger partial charge in [-0.1, -0.05) is 49.4 Å². The first-order chi connectivity index (χ1) is 14.6. The Morgan fingerprint density at radius 3 is 2.53 bits per heavy atom. The highest BCUT2D eigenvalue weighted by atomic mass is 16.5. The number of ether oxygens (including phenoxy) is 1. The minimum absolute atomic E-state index is 0.138. The number of carbonyl (C=O) groups is 2. The van der Waals surface area contributed by atoms with Gasteiger partial charge < -0.3 is 15.4 Å². The second-order valence-electron chi connectivity index (χ2n) is 7.23. The SMILES string of the molecule is CCc1ccc(-c2nn(-c3ccccc3)cc2C(=O)N2CCOC(C(N)=O)C2)cc1. The van der Waals surface area contributed by atoms with Crippen LogP contribution in [-0.4, -0.2) is 52.3 Å². The fourth-order valence-electron chi connectivity index (χ4n) is 3.53. The maximum absolute atomic E-state index is 13.4. The molecule has 154 valence electrons. The number of amides is 2. The lowest BCUT2D eigenvalue weighted by Crippen LogP contribution is -2.50. The Bertz CT molecular complexity index is 1040. The maximum Gasteiger partial charge on any atom is 0.257 e. The van der Waals surface area contributed by atoms with Gasteiger partial charge in [0.05, 0.1) is 24.4 Å². The fourth-order valence-corrected chi connectivity index (χ4v) is 3.53. The van der Waals surface area contributed by atoms with E-state index in [1.54, 1.807) is 15.8 Å². The molecule has 1 aliphatic heterocycles. The number of hydrogen-bond donors (Lipinski definition) is 1. The van der Waals surface area contributed by atoms with Crippen LogP contribution >= 0.6 is 0 Å². The Labute approximate surface area is 175 Å². The molecule has 1 atom stereocenters. The summed E-state index contributed by atoms with van der Waals surface area (Å²) >= 11 is 0. The van der Waals surface area contributed by atoms with Crippen molar-refractivity contribution in [2.45, 2.75) is 19.4 Å². The van der Waals surface area contributed by atoms with Crippen molar-refractivity contribution in [2.75, 3.05) is 19.7 Å². The molecule has 1 aromatic heterocycles. The summed E-state index contributed by atoms with van der Waals surface area (Å²) in [5.74, 6) is -0.760. The minimum Gasteiger partial charge on any atom is -0.367 e. The van der Waals surface area contributed by atoms with Crippen LogP contribution in [0.1, 0.15) is 22.8 Å². The number of morpholine rings is 1. The van der Waals surface area contributed by atoms with Crippen LogP contribution in [0.5, 0.6) is 0 Å². The Morgan fingerprint density at radius 1 is 1.13 bits per heavy atom. The molecule has 1 aliphatic rings. The zero-order valence-corrected chi connectivity index (χ0v) is 16.8. The van der Waals surface area contributed by atoms with Gasteiger partial charge in [-0.05, 0) is 24.1 Å². The van der Waals surface area contributed by atoms with Gasteiger partial charge in [0.25, 0.3) is 5.91 Å². The molecule has 0 saturated carbocycles. The lowest BCUT2D eigenvalue weighted by atomic mass is 10.0. The van der Waals surface area contributed by atoms with Crippen LogP contribution in [0.3, 0.4) is 0 Å². The van der Waals surface area contributed by atoms with Gasteiger partial charge in [0.1, 0.15) is 5.69 Å². The molecule has 1 saturated heterocycles. The number of benzene rings is 2. The molecule has 4 rings (SSSR count). The maximum atomic E-state index is 13.4. The molecule has 7 nitrogen and oxygen atoms in total. The highest BCUT2D eigenvalue weighted by Crippen LogP contribution is 2.26. The molecule has 2 aromatic carbocycles. The molecule has 0 spiro atoms. The number of carbonyl (C=O) groups excluding carboxylic acids is 2. The average molecular weight is 404 g/mol. The van der Waals surface area contributed by atoms with Crippen molar-refractivity contribution in [3.05, 3.63) is 71.9 Å². The Morgan fingerprint density at radius 2 is 1.87 bits per heavy atom. The molecule has 0 aliphatic carbocycles. The van der Waals surface area contributed by atoms with Crippen LogP contribution in [0.25, 0.3) is 16.9 Å². The van der Waals surface area contributed by atoms with Crippen LogP contribution in [-0.2, 0) is 16.0 Å². The lowest BCUT2D eigenvalue weighted by molar-refractivity contribution is -0.133. The van der Waals surface area contributed by atoms with Crippen molar-refractivity contribution < 1.29 is 14.3 Å². The summed E-state index contributed by atoms with van der Waals surface area (Å²) in [5.41, 5.74) is 9.40. The van der Waals surface area contributed by atoms with E-state index >= 15 is 0 Å². The van der Waals surface area contributed by atoms with Crippen LogP contribution in [0, 0.1) is 0 Å². The van der Waals surface area contributed by atoms with Gasteiger partial charge >= 0.3 is 0 Å². The summed E-state index contributed by atoms with van der Waals surface area (Å²) in [6.07, 6.45) is 1.89. The van der Waals surface area contributed by atoms with Crippen molar-refractivity contribution in [1.29, 1.82) is 0 Å². The summed E-state index contributed by atoms with van der Waals surface area (Å²) in [6.45, 7) is 2.90. The number of nitrogens with zero attached hydrogens (tertiary/aromatic N) is 3. The molecule has 30 heavy (non-hydrogen) atoms. The Kier molecular flexibility index (Phi) is 5.63. The summed E-state index contributed by atoms with van der Waals surface area (Å²) < 4.78 is 7.09. The summed E-state index contributed by atoms with van der Waals surface area (Å²) in [5, 5.41) is 4.72. The van der Waals surface area contributed by atoms with Crippen LogP contribution < -0.4 is 5.73 Å². The molecule has 0 radical (unpaired) electrons. The smallest absolute Gasteiger partial charge is 0.257 e. The third-order valence-electron chi connectivity index (χ3n) is 5.27. The van der Waals surface area contributed by atoms with E-state index in [4.69, 9.17) is 15.6 Å². The molecule has 7 heteroatoms. The molecule has 3 aromatic rings. The van der Waals surface area contributed by atoms with Gasteiger partial charge in [-0.25, -0.2) is 4.68 Å². The monoisotopic (exact) mass is 404 g/mol. The molecule has 2 amide bonds. The number of aromatic nitrogens is 2. The minimum atomic E-state index is -0.792. The number of nitrogens with two attached hydrogens (primary N) is 1. The van der Waals surface area contributed by atoms with E-state index in [9.17, 15) is 9.59 Å². The van der Waals surface area contributed by atoms with E-state index in [0.29, 0.717) is 17.8 Å². The number of hydrogen-bond acceptors (Lipinski definition) is 4. The van der Waals surface area contributed by atoms with E-state index in [1.165, 1.54) is 5.56 Å². The second-order valence-corrected chi connectivity index (χ2v) is 7.23. The Hall–Kier alpha value is -3.45. The summed E-state index contributed by atoms with van der Waals surface area (Å²) in [4.78, 5) is 26.5. The molecular formula is C23H24N4O3. The molecule has 0 bridgehead atoms. The molecular weight excluding hydrogens is 380 g/mol. The third-order valence-corrected chi connectivity index (χ3v) is 5.27. The van der Waals surface area contributed by atoms with E-state index in [1.807, 2.05) is 54.6 Å². The lowest BCUT2D eigenvalue weighted by Gasteiger charge is -2.31. The second kappa shape index (κ2) is 8.51. The first kappa shape index (κ1) is 19.8. The van der Waals surface area contributed by atoms with Crippen molar-refractivity contribution in [1.82, 2.24) is 14.7 Å². The predicted molar refractivity (Wildman–Crippen MR) is 113 cm³/mol. The number of aryl methyl sites for hydroxylation is 1. The summed E-state index contributed by atoms with van der Waals surface area (Å²) in [6, 6.07) is 17.7. The highest BCUT2D eigenvalue weighted by molar-refractivity contribution is 6.00. The average Bonchev–Trinajstić information content (AvgIpc) is 3.25. The van der Waals surface area contributed by atoms with Gasteiger partial charge in [-0.3, -0.25) is 9.59 Å². The van der Waals surface area contributed by atoms with Gasteiger partial charge in [-0.15, -0.1) is 0 Å². The highest BCUT2D eigenvalue weighted by Gasteiger charge is 2.30. The van der Waals surface area contributed by atoms with Gasteiger partial charge in [0.2, 0.25) is 5.91 Å². The first-order valence-corrected chi connectivity index (χ1v) is 10.0. The van der Waals surface area contributed by atoms with E-state index < -0.39 is 12.0 Å². The Balaban J connectivity index is 1.74. The van der Waals surface area contributed by atoms with E-state index in [2.05, 4.69) is 6.92 Å². The van der Waals surface area contributed by atoms with Crippen LogP contribution in [0.15, 0.2) is 60.8 Å². The van der Waals surface area contributed by atoms with Crippen LogP contribution in [0.2, 0.25) is 0 Å². The fraction of sp³-hybridized carbons (Fsp3) is 0.261. The first-order valence-electron chi connectivity index (χ1n) is 10.0. The standard InChI is InChI=1S/C23H24N4O3/c1-2-16-8-10-17(11-9-16)21-19(14-27(25-21)18-6-4-3-5-7-18)23(29)26-12-13-30-20(15-26)22(24)28/h3-11,14,20H,2,12-13,15H2,1H3,(H2,24,28). The zero-order chi connectivity index (χ0) is 21.1. The van der Waals surface area contributed by atoms with Crippen molar-refractivity contribution >= 4 is 11.8 Å². The predicted octanol–water partition coefficient (Wildman–Crippen LogP) is 2.43. The topological polar surface area (TPSA) is 90.4 Å². The molecule has 1 unspecified atom stereocenters. The van der Waals surface area contributed by atoms with Crippen molar-refractivity contribution in [3.63, 3.8) is 0 Å². The molecule has 2 heterocycles. The number of rotatable bonds is 5. The van der Waals surface area contributed by atoms with Crippen molar-refractivity contribution in [2.24, 2.45) is 5.73 Å². The largest absolute Gasteiger partial charge is 0.367 e. The van der Waals surface area contributed by atoms with Gasteiger partial charge in [0.15, 0.2) is 6.10 Å². The van der Waals surface area contributed by atoms with Gasteiger partial charge in [-0.2, -0.15) is 5.10 Å². The zero-order valence-electron chi connectivity index (χ0n) is 16.8. The quantitative estimate of drug-likeness (QED) is 0.707.